The van der Waals surface area contributed by atoms with Gasteiger partial charge in [0.05, 0.1) is 11.2 Å². The standard InChI is InChI=1S/C26H41NO3/c1-6-23(28)27(19-21-12-16-29-24(2,3)18-21)15-13-26(22-10-8-7-9-11-22)14-17-30-25(4,5)20-26/h7-11,21H,6,12-20H2,1-5H3/t21-,26-/m0/s1. The fourth-order valence-electron chi connectivity index (χ4n) is 5.59. The maximum absolute atomic E-state index is 12.9. The number of rotatable bonds is 7. The van der Waals surface area contributed by atoms with Gasteiger partial charge in [-0.05, 0) is 71.3 Å². The molecule has 0 unspecified atom stereocenters. The Labute approximate surface area is 183 Å². The smallest absolute Gasteiger partial charge is 0.222 e. The summed E-state index contributed by atoms with van der Waals surface area (Å²) in [5.41, 5.74) is 1.22. The van der Waals surface area contributed by atoms with Crippen LogP contribution in [0.15, 0.2) is 30.3 Å². The van der Waals surface area contributed by atoms with Crippen LogP contribution in [0.2, 0.25) is 0 Å². The van der Waals surface area contributed by atoms with Gasteiger partial charge in [-0.15, -0.1) is 0 Å². The Kier molecular flexibility index (Phi) is 7.29. The number of amides is 1. The van der Waals surface area contributed by atoms with Crippen LogP contribution in [0.5, 0.6) is 0 Å². The topological polar surface area (TPSA) is 38.8 Å². The van der Waals surface area contributed by atoms with Gasteiger partial charge in [0.2, 0.25) is 5.91 Å². The van der Waals surface area contributed by atoms with E-state index in [-0.39, 0.29) is 22.5 Å². The minimum Gasteiger partial charge on any atom is -0.376 e. The molecule has 1 aromatic carbocycles. The van der Waals surface area contributed by atoms with E-state index in [4.69, 9.17) is 9.47 Å². The summed E-state index contributed by atoms with van der Waals surface area (Å²) in [7, 11) is 0. The molecule has 1 amide bonds. The molecule has 30 heavy (non-hydrogen) atoms. The van der Waals surface area contributed by atoms with Crippen LogP contribution < -0.4 is 0 Å². The Morgan fingerprint density at radius 2 is 1.77 bits per heavy atom. The molecule has 0 radical (unpaired) electrons. The van der Waals surface area contributed by atoms with Gasteiger partial charge < -0.3 is 14.4 Å². The summed E-state index contributed by atoms with van der Waals surface area (Å²) >= 11 is 0. The molecule has 0 aliphatic carbocycles. The van der Waals surface area contributed by atoms with Gasteiger partial charge in [0.15, 0.2) is 0 Å². The fourth-order valence-corrected chi connectivity index (χ4v) is 5.59. The van der Waals surface area contributed by atoms with E-state index in [9.17, 15) is 4.79 Å². The summed E-state index contributed by atoms with van der Waals surface area (Å²) in [5.74, 6) is 0.789. The minimum absolute atomic E-state index is 0.0598. The lowest BCUT2D eigenvalue weighted by Crippen LogP contribution is -2.47. The third kappa shape index (κ3) is 5.85. The third-order valence-electron chi connectivity index (χ3n) is 7.02. The predicted molar refractivity (Wildman–Crippen MR) is 122 cm³/mol. The maximum atomic E-state index is 12.9. The van der Waals surface area contributed by atoms with Crippen LogP contribution in [0.3, 0.4) is 0 Å². The molecule has 4 nitrogen and oxygen atoms in total. The number of hydrogen-bond donors (Lipinski definition) is 0. The molecule has 0 spiro atoms. The van der Waals surface area contributed by atoms with E-state index >= 15 is 0 Å². The predicted octanol–water partition coefficient (Wildman–Crippen LogP) is 5.35. The second-order valence-electron chi connectivity index (χ2n) is 10.6. The van der Waals surface area contributed by atoms with Gasteiger partial charge >= 0.3 is 0 Å². The number of carbonyl (C=O) groups excluding carboxylic acids is 1. The molecule has 2 saturated heterocycles. The number of nitrogens with zero attached hydrogens (tertiary/aromatic N) is 1. The first-order valence-electron chi connectivity index (χ1n) is 11.8. The lowest BCUT2D eigenvalue weighted by atomic mass is 9.67. The average Bonchev–Trinajstić information content (AvgIpc) is 2.70. The molecular weight excluding hydrogens is 374 g/mol. The summed E-state index contributed by atoms with van der Waals surface area (Å²) in [6.07, 6.45) is 5.62. The van der Waals surface area contributed by atoms with Crippen molar-refractivity contribution >= 4 is 5.91 Å². The molecule has 2 atom stereocenters. The number of ether oxygens (including phenoxy) is 2. The molecule has 2 heterocycles. The van der Waals surface area contributed by atoms with Gasteiger partial charge in [-0.1, -0.05) is 37.3 Å². The van der Waals surface area contributed by atoms with Gasteiger partial charge in [-0.25, -0.2) is 0 Å². The van der Waals surface area contributed by atoms with Crippen molar-refractivity contribution in [3.05, 3.63) is 35.9 Å². The molecule has 0 saturated carbocycles. The molecule has 2 aliphatic rings. The molecule has 2 fully saturated rings. The quantitative estimate of drug-likeness (QED) is 0.603. The molecule has 3 rings (SSSR count). The van der Waals surface area contributed by atoms with E-state index in [2.05, 4.69) is 62.9 Å². The Balaban J connectivity index is 1.76. The Morgan fingerprint density at radius 3 is 2.40 bits per heavy atom. The summed E-state index contributed by atoms with van der Waals surface area (Å²) < 4.78 is 12.0. The first kappa shape index (κ1) is 23.3. The highest BCUT2D eigenvalue weighted by atomic mass is 16.5. The lowest BCUT2D eigenvalue weighted by Gasteiger charge is -2.46. The van der Waals surface area contributed by atoms with Crippen LogP contribution >= 0.6 is 0 Å². The lowest BCUT2D eigenvalue weighted by molar-refractivity contribution is -0.134. The highest BCUT2D eigenvalue weighted by molar-refractivity contribution is 5.75. The van der Waals surface area contributed by atoms with Gasteiger partial charge in [0.1, 0.15) is 0 Å². The van der Waals surface area contributed by atoms with Crippen molar-refractivity contribution in [1.29, 1.82) is 0 Å². The average molecular weight is 416 g/mol. The van der Waals surface area contributed by atoms with Crippen LogP contribution in [0, 0.1) is 5.92 Å². The van der Waals surface area contributed by atoms with E-state index in [1.165, 1.54) is 5.56 Å². The van der Waals surface area contributed by atoms with Crippen molar-refractivity contribution in [2.75, 3.05) is 26.3 Å². The van der Waals surface area contributed by atoms with Crippen molar-refractivity contribution < 1.29 is 14.3 Å². The first-order chi connectivity index (χ1) is 14.1. The number of carbonyl (C=O) groups is 1. The van der Waals surface area contributed by atoms with Crippen molar-refractivity contribution in [3.63, 3.8) is 0 Å². The summed E-state index contributed by atoms with van der Waals surface area (Å²) in [6, 6.07) is 10.9. The van der Waals surface area contributed by atoms with E-state index in [1.54, 1.807) is 0 Å². The third-order valence-corrected chi connectivity index (χ3v) is 7.02. The zero-order valence-corrected chi connectivity index (χ0v) is 19.7. The van der Waals surface area contributed by atoms with Crippen molar-refractivity contribution in [3.8, 4) is 0 Å². The fraction of sp³-hybridized carbons (Fsp3) is 0.731. The van der Waals surface area contributed by atoms with E-state index in [0.717, 1.165) is 58.4 Å². The van der Waals surface area contributed by atoms with Crippen molar-refractivity contribution in [2.24, 2.45) is 5.92 Å². The van der Waals surface area contributed by atoms with Crippen LogP contribution in [0.25, 0.3) is 0 Å². The highest BCUT2D eigenvalue weighted by Crippen LogP contribution is 2.44. The maximum Gasteiger partial charge on any atom is 0.222 e. The van der Waals surface area contributed by atoms with Crippen LogP contribution in [-0.4, -0.2) is 48.3 Å². The van der Waals surface area contributed by atoms with Crippen molar-refractivity contribution in [2.45, 2.75) is 89.8 Å². The Bertz CT molecular complexity index is 699. The summed E-state index contributed by atoms with van der Waals surface area (Å²) in [4.78, 5) is 15.0. The second-order valence-corrected chi connectivity index (χ2v) is 10.6. The monoisotopic (exact) mass is 415 g/mol. The van der Waals surface area contributed by atoms with E-state index in [1.807, 2.05) is 6.92 Å². The van der Waals surface area contributed by atoms with Crippen LogP contribution in [-0.2, 0) is 19.7 Å². The molecule has 0 bridgehead atoms. The van der Waals surface area contributed by atoms with Gasteiger partial charge in [-0.2, -0.15) is 0 Å². The Morgan fingerprint density at radius 1 is 1.07 bits per heavy atom. The Hall–Kier alpha value is -1.39. The minimum atomic E-state index is -0.140. The van der Waals surface area contributed by atoms with Crippen LogP contribution in [0.4, 0.5) is 0 Å². The van der Waals surface area contributed by atoms with E-state index in [0.29, 0.717) is 12.3 Å². The zero-order chi connectivity index (χ0) is 21.8. The van der Waals surface area contributed by atoms with Crippen molar-refractivity contribution in [1.82, 2.24) is 4.90 Å². The molecule has 168 valence electrons. The molecule has 0 N–H and O–H groups in total. The van der Waals surface area contributed by atoms with Gasteiger partial charge in [0.25, 0.3) is 0 Å². The molecule has 4 heteroatoms. The second kappa shape index (κ2) is 9.40. The van der Waals surface area contributed by atoms with E-state index < -0.39 is 0 Å². The molecule has 1 aromatic rings. The molecule has 0 aromatic heterocycles. The van der Waals surface area contributed by atoms with Gasteiger partial charge in [0, 0.05) is 38.1 Å². The van der Waals surface area contributed by atoms with Crippen LogP contribution in [0.1, 0.15) is 78.7 Å². The summed E-state index contributed by atoms with van der Waals surface area (Å²) in [5, 5.41) is 0. The normalized spacial score (nSPS) is 28.1. The SMILES string of the molecule is CCC(=O)N(CC[C@]1(c2ccccc2)CCOC(C)(C)C1)C[C@H]1CCOC(C)(C)C1. The molecule has 2 aliphatic heterocycles. The van der Waals surface area contributed by atoms with Gasteiger partial charge in [-0.3, -0.25) is 4.79 Å². The zero-order valence-electron chi connectivity index (χ0n) is 19.7. The number of benzene rings is 1. The first-order valence-corrected chi connectivity index (χ1v) is 11.8. The summed E-state index contributed by atoms with van der Waals surface area (Å²) in [6.45, 7) is 13.9. The molecular formula is C26H41NO3. The largest absolute Gasteiger partial charge is 0.376 e. The number of hydrogen-bond acceptors (Lipinski definition) is 3. The highest BCUT2D eigenvalue weighted by Gasteiger charge is 2.42.